The molecule has 0 aromatic rings. The van der Waals surface area contributed by atoms with Crippen LogP contribution < -0.4 is 0 Å². The second kappa shape index (κ2) is 15.6. The lowest BCUT2D eigenvalue weighted by Crippen LogP contribution is -2.58. The highest BCUT2D eigenvalue weighted by Crippen LogP contribution is 2.24. The van der Waals surface area contributed by atoms with Gasteiger partial charge >= 0.3 is 0 Å². The van der Waals surface area contributed by atoms with E-state index in [9.17, 15) is 40.5 Å². The van der Waals surface area contributed by atoms with E-state index in [2.05, 4.69) is 4.90 Å². The van der Waals surface area contributed by atoms with Gasteiger partial charge in [-0.1, -0.05) is 6.42 Å². The second-order valence-electron chi connectivity index (χ2n) is 9.92. The van der Waals surface area contributed by atoms with E-state index >= 15 is 0 Å². The van der Waals surface area contributed by atoms with Crippen molar-refractivity contribution in [3.8, 4) is 0 Å². The molecule has 10 atom stereocenters. The summed E-state index contributed by atoms with van der Waals surface area (Å²) in [5.41, 5.74) is 0. The fraction of sp³-hybridized carbons (Fsp3) is 0.958. The molecule has 7 N–H and O–H groups in total. The van der Waals surface area contributed by atoms with E-state index in [1.807, 2.05) is 0 Å². The molecule has 2 heterocycles. The monoisotopic (exact) mass is 523 g/mol. The van der Waals surface area contributed by atoms with Gasteiger partial charge in [-0.25, -0.2) is 0 Å². The van der Waals surface area contributed by atoms with Gasteiger partial charge in [-0.2, -0.15) is 0 Å². The standard InChI is InChI=1S/C24H45NO11/c1-14(27)7-4-3-5-9-25(11-12-34-24-23(33)21(31)18(28)15(2)35-24)10-6-8-16-19(29)22(32)20(30)17(13-26)36-16/h15-24,26,28-33H,3-13H2,1-2H3/t15-,16+,17+,18+,19+,20+,21+,22+,23-,24+/m0/s1. The topological polar surface area (TPSA) is 190 Å². The van der Waals surface area contributed by atoms with Crippen molar-refractivity contribution in [3.05, 3.63) is 0 Å². The summed E-state index contributed by atoms with van der Waals surface area (Å²) >= 11 is 0. The molecule has 12 heteroatoms. The first-order valence-corrected chi connectivity index (χ1v) is 12.9. The Morgan fingerprint density at radius 3 is 2.08 bits per heavy atom. The SMILES string of the molecule is CC(=O)CCCCCN(CCC[C@H]1O[C@H](CO)[C@@H](O)[C@H](O)[C@@H]1O)CCO[C@@H]1O[C@@H](C)[C@@H](O)[C@@H](O)[C@@H]1O. The Balaban J connectivity index is 1.84. The Hall–Kier alpha value is -0.770. The summed E-state index contributed by atoms with van der Waals surface area (Å²) in [5.74, 6) is 0.160. The first-order chi connectivity index (χ1) is 17.1. The van der Waals surface area contributed by atoms with Crippen LogP contribution in [0.2, 0.25) is 0 Å². The molecular weight excluding hydrogens is 478 g/mol. The summed E-state index contributed by atoms with van der Waals surface area (Å²) in [6.07, 6.45) is -7.31. The van der Waals surface area contributed by atoms with Crippen molar-refractivity contribution in [2.75, 3.05) is 32.8 Å². The Bertz CT molecular complexity index is 639. The van der Waals surface area contributed by atoms with Crippen molar-refractivity contribution in [3.63, 3.8) is 0 Å². The summed E-state index contributed by atoms with van der Waals surface area (Å²) in [6.45, 7) is 4.71. The predicted octanol–water partition coefficient (Wildman–Crippen LogP) is -2.10. The lowest BCUT2D eigenvalue weighted by molar-refractivity contribution is -0.293. The number of rotatable bonds is 15. The summed E-state index contributed by atoms with van der Waals surface area (Å²) in [4.78, 5) is 13.3. The minimum absolute atomic E-state index is 0.160. The molecule has 2 aliphatic heterocycles. The molecular formula is C24H45NO11. The molecule has 2 aliphatic rings. The van der Waals surface area contributed by atoms with E-state index in [-0.39, 0.29) is 12.4 Å². The van der Waals surface area contributed by atoms with E-state index < -0.39 is 67.8 Å². The lowest BCUT2D eigenvalue weighted by atomic mass is 9.93. The minimum Gasteiger partial charge on any atom is -0.394 e. The number of Topliss-reactive ketones (excluding diaryl/α,β-unsaturated/α-hetero) is 1. The Morgan fingerprint density at radius 2 is 1.42 bits per heavy atom. The highest BCUT2D eigenvalue weighted by molar-refractivity contribution is 5.75. The quantitative estimate of drug-likeness (QED) is 0.116. The fourth-order valence-corrected chi connectivity index (χ4v) is 4.60. The predicted molar refractivity (Wildman–Crippen MR) is 127 cm³/mol. The van der Waals surface area contributed by atoms with Crippen LogP contribution in [-0.4, -0.2) is 141 Å². The van der Waals surface area contributed by atoms with Crippen molar-refractivity contribution in [1.82, 2.24) is 4.90 Å². The maximum Gasteiger partial charge on any atom is 0.186 e. The number of hydrogen-bond acceptors (Lipinski definition) is 12. The highest BCUT2D eigenvalue weighted by atomic mass is 16.7. The molecule has 0 saturated carbocycles. The van der Waals surface area contributed by atoms with Gasteiger partial charge in [0.05, 0.1) is 25.4 Å². The number of carbonyl (C=O) groups is 1. The van der Waals surface area contributed by atoms with Gasteiger partial charge in [0, 0.05) is 13.0 Å². The van der Waals surface area contributed by atoms with Crippen LogP contribution in [0.3, 0.4) is 0 Å². The number of ketones is 1. The average molecular weight is 524 g/mol. The molecule has 0 bridgehead atoms. The minimum atomic E-state index is -1.40. The Kier molecular flexibility index (Phi) is 13.6. The molecule has 2 rings (SSSR count). The number of ether oxygens (including phenoxy) is 3. The number of hydrogen-bond donors (Lipinski definition) is 7. The smallest absolute Gasteiger partial charge is 0.186 e. The van der Waals surface area contributed by atoms with Gasteiger partial charge in [0.2, 0.25) is 0 Å². The summed E-state index contributed by atoms with van der Waals surface area (Å²) < 4.78 is 16.7. The lowest BCUT2D eigenvalue weighted by Gasteiger charge is -2.40. The summed E-state index contributed by atoms with van der Waals surface area (Å²) in [6, 6.07) is 0. The summed E-state index contributed by atoms with van der Waals surface area (Å²) in [5, 5.41) is 69.5. The van der Waals surface area contributed by atoms with Crippen molar-refractivity contribution in [2.24, 2.45) is 0 Å². The number of aliphatic hydroxyl groups excluding tert-OH is 7. The van der Waals surface area contributed by atoms with Crippen LogP contribution in [0.5, 0.6) is 0 Å². The number of carbonyl (C=O) groups excluding carboxylic acids is 1. The number of unbranched alkanes of at least 4 members (excludes halogenated alkanes) is 2. The molecule has 0 amide bonds. The van der Waals surface area contributed by atoms with Crippen LogP contribution in [0.25, 0.3) is 0 Å². The van der Waals surface area contributed by atoms with Gasteiger partial charge in [0.25, 0.3) is 0 Å². The third-order valence-electron chi connectivity index (χ3n) is 6.96. The van der Waals surface area contributed by atoms with Gasteiger partial charge in [-0.05, 0) is 52.6 Å². The first kappa shape index (κ1) is 31.4. The maximum atomic E-state index is 11.2. The van der Waals surface area contributed by atoms with E-state index in [0.717, 1.165) is 25.8 Å². The molecule has 12 nitrogen and oxygen atoms in total. The molecule has 36 heavy (non-hydrogen) atoms. The molecule has 0 spiro atoms. The van der Waals surface area contributed by atoms with Gasteiger partial charge in [-0.15, -0.1) is 0 Å². The van der Waals surface area contributed by atoms with Crippen molar-refractivity contribution in [1.29, 1.82) is 0 Å². The average Bonchev–Trinajstić information content (AvgIpc) is 2.84. The fourth-order valence-electron chi connectivity index (χ4n) is 4.60. The number of nitrogens with zero attached hydrogens (tertiary/aromatic N) is 1. The van der Waals surface area contributed by atoms with Gasteiger partial charge in [-0.3, -0.25) is 0 Å². The van der Waals surface area contributed by atoms with E-state index in [0.29, 0.717) is 32.4 Å². The van der Waals surface area contributed by atoms with Crippen LogP contribution in [0, 0.1) is 0 Å². The van der Waals surface area contributed by atoms with Gasteiger partial charge in [0.1, 0.15) is 48.5 Å². The van der Waals surface area contributed by atoms with Crippen molar-refractivity contribution >= 4 is 5.78 Å². The first-order valence-electron chi connectivity index (χ1n) is 12.9. The molecule has 0 aromatic heterocycles. The largest absolute Gasteiger partial charge is 0.394 e. The van der Waals surface area contributed by atoms with Crippen LogP contribution in [-0.2, 0) is 19.0 Å². The molecule has 0 aromatic carbocycles. The maximum absolute atomic E-state index is 11.2. The van der Waals surface area contributed by atoms with Crippen LogP contribution in [0.15, 0.2) is 0 Å². The molecule has 2 fully saturated rings. The van der Waals surface area contributed by atoms with Crippen LogP contribution in [0.4, 0.5) is 0 Å². The third kappa shape index (κ3) is 9.21. The Morgan fingerprint density at radius 1 is 0.778 bits per heavy atom. The van der Waals surface area contributed by atoms with Crippen molar-refractivity contribution < 1.29 is 54.8 Å². The second-order valence-corrected chi connectivity index (χ2v) is 9.92. The van der Waals surface area contributed by atoms with E-state index in [1.165, 1.54) is 0 Å². The molecule has 2 saturated heterocycles. The zero-order valence-electron chi connectivity index (χ0n) is 21.3. The molecule has 0 unspecified atom stereocenters. The third-order valence-corrected chi connectivity index (χ3v) is 6.96. The van der Waals surface area contributed by atoms with Crippen LogP contribution in [0.1, 0.15) is 52.4 Å². The van der Waals surface area contributed by atoms with E-state index in [1.54, 1.807) is 13.8 Å². The summed E-state index contributed by atoms with van der Waals surface area (Å²) in [7, 11) is 0. The van der Waals surface area contributed by atoms with Crippen molar-refractivity contribution in [2.45, 2.75) is 114 Å². The Labute approximate surface area is 212 Å². The highest BCUT2D eigenvalue weighted by Gasteiger charge is 2.43. The van der Waals surface area contributed by atoms with Gasteiger partial charge < -0.3 is 59.7 Å². The zero-order chi connectivity index (χ0) is 26.8. The molecule has 0 aliphatic carbocycles. The number of aliphatic hydroxyl groups is 7. The zero-order valence-corrected chi connectivity index (χ0v) is 21.3. The molecule has 0 radical (unpaired) electrons. The van der Waals surface area contributed by atoms with Gasteiger partial charge in [0.15, 0.2) is 6.29 Å². The van der Waals surface area contributed by atoms with Crippen LogP contribution >= 0.6 is 0 Å². The molecule has 212 valence electrons. The normalized spacial score (nSPS) is 37.4. The van der Waals surface area contributed by atoms with E-state index in [4.69, 9.17) is 14.2 Å².